The molecule has 0 saturated carbocycles. The molecule has 0 spiro atoms. The number of para-hydroxylation sites is 1. The molecular weight excluding hydrogens is 454 g/mol. The lowest BCUT2D eigenvalue weighted by atomic mass is 10.1. The second kappa shape index (κ2) is 11.2. The molecule has 8 heteroatoms. The van der Waals surface area contributed by atoms with Gasteiger partial charge in [-0.15, -0.1) is 11.8 Å². The Morgan fingerprint density at radius 3 is 2.33 bits per heavy atom. The number of rotatable bonds is 9. The fourth-order valence-corrected chi connectivity index (χ4v) is 5.09. The van der Waals surface area contributed by atoms with Gasteiger partial charge in [0.1, 0.15) is 6.54 Å². The number of aryl methyl sites for hydroxylation is 2. The van der Waals surface area contributed by atoms with Gasteiger partial charge in [0.05, 0.1) is 16.8 Å². The molecular formula is C25H27N3O3S2. The third-order valence-electron chi connectivity index (χ3n) is 5.06. The van der Waals surface area contributed by atoms with Crippen LogP contribution in [0.1, 0.15) is 23.6 Å². The van der Waals surface area contributed by atoms with Gasteiger partial charge in [0.2, 0.25) is 0 Å². The molecule has 0 atom stereocenters. The molecule has 0 heterocycles. The molecule has 0 fully saturated rings. The molecule has 0 saturated heterocycles. The lowest BCUT2D eigenvalue weighted by molar-refractivity contribution is -0.119. The highest BCUT2D eigenvalue weighted by Crippen LogP contribution is 2.27. The summed E-state index contributed by atoms with van der Waals surface area (Å²) in [6.07, 6.45) is 4.15. The van der Waals surface area contributed by atoms with E-state index in [2.05, 4.69) is 10.5 Å². The van der Waals surface area contributed by atoms with Crippen LogP contribution in [0.3, 0.4) is 0 Å². The minimum absolute atomic E-state index is 0.129. The van der Waals surface area contributed by atoms with Gasteiger partial charge in [0, 0.05) is 4.90 Å². The van der Waals surface area contributed by atoms with Crippen molar-refractivity contribution < 1.29 is 13.2 Å². The minimum atomic E-state index is -3.97. The number of carbonyl (C=O) groups is 1. The molecule has 6 nitrogen and oxygen atoms in total. The van der Waals surface area contributed by atoms with Crippen molar-refractivity contribution in [2.24, 2.45) is 5.10 Å². The summed E-state index contributed by atoms with van der Waals surface area (Å²) in [4.78, 5) is 14.0. The molecule has 0 bridgehead atoms. The lowest BCUT2D eigenvalue weighted by Crippen LogP contribution is -2.40. The fraction of sp³-hybridized carbons (Fsp3) is 0.200. The maximum atomic E-state index is 13.5. The number of nitrogens with zero attached hydrogens (tertiary/aromatic N) is 2. The molecule has 172 valence electrons. The molecule has 0 unspecified atom stereocenters. The van der Waals surface area contributed by atoms with Crippen molar-refractivity contribution in [1.29, 1.82) is 0 Å². The first-order valence-electron chi connectivity index (χ1n) is 10.5. The van der Waals surface area contributed by atoms with E-state index in [1.807, 2.05) is 56.5 Å². The molecule has 1 N–H and O–H groups in total. The summed E-state index contributed by atoms with van der Waals surface area (Å²) < 4.78 is 28.2. The Kier molecular flexibility index (Phi) is 8.30. The predicted molar refractivity (Wildman–Crippen MR) is 135 cm³/mol. The van der Waals surface area contributed by atoms with Gasteiger partial charge in [0.25, 0.3) is 15.9 Å². The predicted octanol–water partition coefficient (Wildman–Crippen LogP) is 4.62. The van der Waals surface area contributed by atoms with Crippen LogP contribution in [-0.4, -0.2) is 33.3 Å². The van der Waals surface area contributed by atoms with Crippen LogP contribution in [0.4, 0.5) is 5.69 Å². The molecule has 3 aromatic carbocycles. The van der Waals surface area contributed by atoms with Crippen LogP contribution < -0.4 is 9.73 Å². The van der Waals surface area contributed by atoms with Crippen molar-refractivity contribution in [1.82, 2.24) is 5.43 Å². The number of sulfonamides is 1. The van der Waals surface area contributed by atoms with Gasteiger partial charge >= 0.3 is 0 Å². The van der Waals surface area contributed by atoms with E-state index in [4.69, 9.17) is 0 Å². The Morgan fingerprint density at radius 1 is 1.03 bits per heavy atom. The Labute approximate surface area is 199 Å². The molecule has 3 aromatic rings. The van der Waals surface area contributed by atoms with Crippen molar-refractivity contribution >= 4 is 39.6 Å². The summed E-state index contributed by atoms with van der Waals surface area (Å²) in [6, 6.07) is 21.5. The molecule has 33 heavy (non-hydrogen) atoms. The highest BCUT2D eigenvalue weighted by Gasteiger charge is 2.28. The zero-order chi connectivity index (χ0) is 23.8. The minimum Gasteiger partial charge on any atom is -0.271 e. The summed E-state index contributed by atoms with van der Waals surface area (Å²) >= 11 is 1.64. The highest BCUT2D eigenvalue weighted by molar-refractivity contribution is 7.98. The number of carbonyl (C=O) groups excluding carboxylic acids is 1. The number of anilines is 1. The Morgan fingerprint density at radius 2 is 1.70 bits per heavy atom. The third-order valence-corrected chi connectivity index (χ3v) is 7.57. The van der Waals surface area contributed by atoms with E-state index in [0.29, 0.717) is 12.1 Å². The summed E-state index contributed by atoms with van der Waals surface area (Å²) in [7, 11) is -3.97. The number of hydrogen-bond donors (Lipinski definition) is 1. The summed E-state index contributed by atoms with van der Waals surface area (Å²) in [6.45, 7) is 3.44. The van der Waals surface area contributed by atoms with Crippen molar-refractivity contribution in [2.75, 3.05) is 17.1 Å². The maximum Gasteiger partial charge on any atom is 0.264 e. The van der Waals surface area contributed by atoms with Crippen LogP contribution in [0.15, 0.2) is 87.7 Å². The zero-order valence-corrected chi connectivity index (χ0v) is 20.5. The molecule has 0 aliphatic heterocycles. The van der Waals surface area contributed by atoms with Gasteiger partial charge in [-0.05, 0) is 61.1 Å². The average Bonchev–Trinajstić information content (AvgIpc) is 2.83. The Hall–Kier alpha value is -3.10. The first-order chi connectivity index (χ1) is 15.8. The van der Waals surface area contributed by atoms with Crippen LogP contribution in [0.25, 0.3) is 0 Å². The molecule has 0 aliphatic carbocycles. The van der Waals surface area contributed by atoms with Crippen molar-refractivity contribution in [3.05, 3.63) is 89.5 Å². The monoisotopic (exact) mass is 481 g/mol. The third kappa shape index (κ3) is 6.24. The van der Waals surface area contributed by atoms with E-state index in [-0.39, 0.29) is 4.90 Å². The number of thioether (sulfide) groups is 1. The second-order valence-corrected chi connectivity index (χ2v) is 10.1. The van der Waals surface area contributed by atoms with Crippen LogP contribution >= 0.6 is 11.8 Å². The summed E-state index contributed by atoms with van der Waals surface area (Å²) in [5.41, 5.74) is 5.54. The van der Waals surface area contributed by atoms with Gasteiger partial charge in [-0.25, -0.2) is 13.8 Å². The van der Waals surface area contributed by atoms with Crippen molar-refractivity contribution in [3.63, 3.8) is 0 Å². The molecule has 0 radical (unpaired) electrons. The molecule has 0 aromatic heterocycles. The van der Waals surface area contributed by atoms with Crippen LogP contribution in [0.5, 0.6) is 0 Å². The Bertz CT molecular complexity index is 1220. The van der Waals surface area contributed by atoms with Gasteiger partial charge in [0.15, 0.2) is 0 Å². The van der Waals surface area contributed by atoms with Crippen molar-refractivity contribution in [2.45, 2.75) is 30.1 Å². The van der Waals surface area contributed by atoms with Gasteiger partial charge in [-0.2, -0.15) is 5.10 Å². The topological polar surface area (TPSA) is 78.8 Å². The Balaban J connectivity index is 1.85. The van der Waals surface area contributed by atoms with E-state index in [1.165, 1.54) is 6.21 Å². The number of amides is 1. The smallest absolute Gasteiger partial charge is 0.264 e. The van der Waals surface area contributed by atoms with E-state index in [1.54, 1.807) is 48.2 Å². The molecule has 0 aliphatic rings. The van der Waals surface area contributed by atoms with E-state index in [0.717, 1.165) is 25.9 Å². The maximum absolute atomic E-state index is 13.5. The molecule has 3 rings (SSSR count). The lowest BCUT2D eigenvalue weighted by Gasteiger charge is -2.25. The average molecular weight is 482 g/mol. The standard InChI is InChI=1S/C25H27N3O3S2/c1-4-21-7-5-6-8-24(21)28(33(30,31)23-15-9-19(2)10-16-23)18-25(29)27-26-17-20-11-13-22(32-3)14-12-20/h5-17H,4,18H2,1-3H3,(H,27,29). The first kappa shape index (κ1) is 24.5. The molecule has 1 amide bonds. The van der Waals surface area contributed by atoms with Crippen LogP contribution in [0.2, 0.25) is 0 Å². The number of benzene rings is 3. The van der Waals surface area contributed by atoms with Crippen LogP contribution in [0, 0.1) is 6.92 Å². The first-order valence-corrected chi connectivity index (χ1v) is 13.1. The largest absolute Gasteiger partial charge is 0.271 e. The SMILES string of the molecule is CCc1ccccc1N(CC(=O)NN=Cc1ccc(SC)cc1)S(=O)(=O)c1ccc(C)cc1. The highest BCUT2D eigenvalue weighted by atomic mass is 32.2. The summed E-state index contributed by atoms with van der Waals surface area (Å²) in [5, 5.41) is 4.00. The quantitative estimate of drug-likeness (QED) is 0.275. The van der Waals surface area contributed by atoms with Gasteiger partial charge in [-0.3, -0.25) is 9.10 Å². The van der Waals surface area contributed by atoms with E-state index in [9.17, 15) is 13.2 Å². The second-order valence-electron chi connectivity index (χ2n) is 7.37. The van der Waals surface area contributed by atoms with Gasteiger partial charge < -0.3 is 0 Å². The summed E-state index contributed by atoms with van der Waals surface area (Å²) in [5.74, 6) is -0.534. The number of hydrogen-bond acceptors (Lipinski definition) is 5. The van der Waals surface area contributed by atoms with Gasteiger partial charge in [-0.1, -0.05) is 55.0 Å². The number of nitrogens with one attached hydrogen (secondary N) is 1. The number of hydrazone groups is 1. The fourth-order valence-electron chi connectivity index (χ4n) is 3.22. The van der Waals surface area contributed by atoms with Crippen LogP contribution in [-0.2, 0) is 21.2 Å². The van der Waals surface area contributed by atoms with E-state index < -0.39 is 22.5 Å². The normalized spacial score (nSPS) is 11.5. The van der Waals surface area contributed by atoms with E-state index >= 15 is 0 Å². The zero-order valence-electron chi connectivity index (χ0n) is 18.9. The van der Waals surface area contributed by atoms with Crippen molar-refractivity contribution in [3.8, 4) is 0 Å².